The molecule has 4 aromatic rings. The van der Waals surface area contributed by atoms with Gasteiger partial charge < -0.3 is 14.5 Å². The van der Waals surface area contributed by atoms with Crippen LogP contribution in [0.15, 0.2) is 78.9 Å². The number of anilines is 1. The molecule has 0 bridgehead atoms. The minimum atomic E-state index is -4.56. The average molecular weight is 537 g/mol. The molecule has 0 aliphatic carbocycles. The fourth-order valence-electron chi connectivity index (χ4n) is 4.38. The molecule has 0 saturated heterocycles. The van der Waals surface area contributed by atoms with Gasteiger partial charge in [-0.2, -0.15) is 18.2 Å². The molecule has 6 nitrogen and oxygen atoms in total. The highest BCUT2D eigenvalue weighted by atomic mass is 19.4. The maximum absolute atomic E-state index is 13.9. The van der Waals surface area contributed by atoms with E-state index >= 15 is 0 Å². The number of halogens is 4. The number of rotatable bonds is 6. The number of amides is 1. The molecule has 0 fully saturated rings. The summed E-state index contributed by atoms with van der Waals surface area (Å²) in [6.07, 6.45) is -4.22. The van der Waals surface area contributed by atoms with Crippen molar-refractivity contribution >= 4 is 11.9 Å². The number of aromatic nitrogens is 2. The Labute approximate surface area is 222 Å². The van der Waals surface area contributed by atoms with Gasteiger partial charge in [0.25, 0.3) is 5.91 Å². The summed E-state index contributed by atoms with van der Waals surface area (Å²) < 4.78 is 59.5. The highest BCUT2D eigenvalue weighted by molar-refractivity contribution is 5.94. The second kappa shape index (κ2) is 10.7. The van der Waals surface area contributed by atoms with Crippen LogP contribution in [-0.2, 0) is 25.7 Å². The lowest BCUT2D eigenvalue weighted by Crippen LogP contribution is -2.37. The van der Waals surface area contributed by atoms with Crippen LogP contribution < -0.4 is 9.64 Å². The Balaban J connectivity index is 1.47. The van der Waals surface area contributed by atoms with Crippen LogP contribution in [0.2, 0.25) is 0 Å². The summed E-state index contributed by atoms with van der Waals surface area (Å²) in [7, 11) is 1.84. The van der Waals surface area contributed by atoms with Crippen molar-refractivity contribution in [1.29, 1.82) is 0 Å². The fraction of sp³-hybridized carbons (Fsp3) is 0.207. The fourth-order valence-corrected chi connectivity index (χ4v) is 4.38. The molecule has 0 N–H and O–H groups in total. The molecule has 5 rings (SSSR count). The number of ether oxygens (including phenoxy) is 1. The Morgan fingerprint density at radius 3 is 2.51 bits per heavy atom. The molecule has 0 unspecified atom stereocenters. The molecule has 1 aliphatic heterocycles. The third kappa shape index (κ3) is 6.00. The van der Waals surface area contributed by atoms with Crippen LogP contribution in [0.5, 0.6) is 11.6 Å². The first-order chi connectivity index (χ1) is 18.7. The molecule has 1 amide bonds. The Hall–Kier alpha value is -4.47. The summed E-state index contributed by atoms with van der Waals surface area (Å²) in [6.45, 7) is 0.803. The molecule has 0 radical (unpaired) electrons. The molecule has 2 heterocycles. The molecule has 10 heteroatoms. The third-order valence-electron chi connectivity index (χ3n) is 6.35. The monoisotopic (exact) mass is 536 g/mol. The van der Waals surface area contributed by atoms with E-state index in [4.69, 9.17) is 9.72 Å². The van der Waals surface area contributed by atoms with Crippen molar-refractivity contribution in [2.75, 3.05) is 18.5 Å². The maximum atomic E-state index is 13.9. The predicted octanol–water partition coefficient (Wildman–Crippen LogP) is 6.26. The number of carbonyl (C=O) groups excluding carboxylic acids is 1. The van der Waals surface area contributed by atoms with Gasteiger partial charge in [-0.15, -0.1) is 0 Å². The zero-order valence-electron chi connectivity index (χ0n) is 21.0. The number of fused-ring (bicyclic) bond motifs is 1. The van der Waals surface area contributed by atoms with Crippen LogP contribution in [-0.4, -0.2) is 34.4 Å². The number of hydrogen-bond acceptors (Lipinski definition) is 5. The first kappa shape index (κ1) is 26.1. The first-order valence-corrected chi connectivity index (χ1v) is 12.2. The molecular formula is C29H24F4N4O2. The topological polar surface area (TPSA) is 58.6 Å². The predicted molar refractivity (Wildman–Crippen MR) is 137 cm³/mol. The molecular weight excluding hydrogens is 512 g/mol. The van der Waals surface area contributed by atoms with Gasteiger partial charge in [-0.05, 0) is 35.9 Å². The van der Waals surface area contributed by atoms with Gasteiger partial charge in [-0.25, -0.2) is 9.37 Å². The van der Waals surface area contributed by atoms with Crippen LogP contribution in [0.4, 0.5) is 23.5 Å². The standard InChI is InChI=1S/C29H24F4N4O2/c1-36(17-19-7-3-2-4-8-19)28-34-25-13-14-37(27(38)20-9-5-10-21(15-20)29(31,32)33)18-24(25)26(35-28)39-23-12-6-11-22(30)16-23/h2-12,15-16H,13-14,17-18H2,1H3. The summed E-state index contributed by atoms with van der Waals surface area (Å²) in [5.74, 6) is -0.274. The van der Waals surface area contributed by atoms with Gasteiger partial charge >= 0.3 is 6.18 Å². The van der Waals surface area contributed by atoms with Crippen molar-refractivity contribution in [2.24, 2.45) is 0 Å². The van der Waals surface area contributed by atoms with Gasteiger partial charge in [0.2, 0.25) is 11.8 Å². The van der Waals surface area contributed by atoms with Crippen molar-refractivity contribution in [3.8, 4) is 11.6 Å². The highest BCUT2D eigenvalue weighted by Crippen LogP contribution is 2.33. The van der Waals surface area contributed by atoms with Gasteiger partial charge in [0.1, 0.15) is 11.6 Å². The Bertz CT molecular complexity index is 1490. The summed E-state index contributed by atoms with van der Waals surface area (Å²) in [5.41, 5.74) is 1.25. The van der Waals surface area contributed by atoms with Gasteiger partial charge in [-0.3, -0.25) is 4.79 Å². The molecule has 1 aromatic heterocycles. The smallest absolute Gasteiger partial charge is 0.416 e. The van der Waals surface area contributed by atoms with E-state index < -0.39 is 23.5 Å². The molecule has 1 aliphatic rings. The summed E-state index contributed by atoms with van der Waals surface area (Å²) in [4.78, 5) is 25.8. The average Bonchev–Trinajstić information content (AvgIpc) is 2.92. The van der Waals surface area contributed by atoms with E-state index in [1.165, 1.54) is 35.2 Å². The van der Waals surface area contributed by atoms with Crippen molar-refractivity contribution < 1.29 is 27.1 Å². The molecule has 0 atom stereocenters. The molecule has 200 valence electrons. The van der Waals surface area contributed by atoms with Crippen LogP contribution in [0.3, 0.4) is 0 Å². The minimum Gasteiger partial charge on any atom is -0.438 e. The van der Waals surface area contributed by atoms with Gasteiger partial charge in [0.05, 0.1) is 23.4 Å². The van der Waals surface area contributed by atoms with Crippen molar-refractivity contribution in [3.05, 3.63) is 113 Å². The quantitative estimate of drug-likeness (QED) is 0.272. The number of nitrogens with zero attached hydrogens (tertiary/aromatic N) is 4. The lowest BCUT2D eigenvalue weighted by Gasteiger charge is -2.30. The highest BCUT2D eigenvalue weighted by Gasteiger charge is 2.32. The van der Waals surface area contributed by atoms with E-state index in [9.17, 15) is 22.4 Å². The SMILES string of the molecule is CN(Cc1ccccc1)c1nc2c(c(Oc3cccc(F)c3)n1)CN(C(=O)c1cccc(C(F)(F)F)c1)CC2. The summed E-state index contributed by atoms with van der Waals surface area (Å²) in [6, 6.07) is 19.7. The van der Waals surface area contributed by atoms with Gasteiger partial charge in [0.15, 0.2) is 0 Å². The van der Waals surface area contributed by atoms with E-state index in [1.807, 2.05) is 42.3 Å². The Kier molecular flexibility index (Phi) is 7.19. The molecule has 3 aromatic carbocycles. The molecule has 39 heavy (non-hydrogen) atoms. The van der Waals surface area contributed by atoms with Gasteiger partial charge in [0, 0.05) is 38.2 Å². The second-order valence-corrected chi connectivity index (χ2v) is 9.21. The lowest BCUT2D eigenvalue weighted by molar-refractivity contribution is -0.137. The first-order valence-electron chi connectivity index (χ1n) is 12.2. The van der Waals surface area contributed by atoms with E-state index in [-0.39, 0.29) is 30.3 Å². The minimum absolute atomic E-state index is 0.0255. The van der Waals surface area contributed by atoms with Crippen LogP contribution in [0, 0.1) is 5.82 Å². The number of alkyl halides is 3. The number of carbonyl (C=O) groups is 1. The largest absolute Gasteiger partial charge is 0.438 e. The normalized spacial score (nSPS) is 13.1. The van der Waals surface area contributed by atoms with E-state index in [0.29, 0.717) is 30.2 Å². The lowest BCUT2D eigenvalue weighted by atomic mass is 10.0. The van der Waals surface area contributed by atoms with Crippen LogP contribution in [0.1, 0.15) is 32.7 Å². The summed E-state index contributed by atoms with van der Waals surface area (Å²) >= 11 is 0. The van der Waals surface area contributed by atoms with Crippen LogP contribution in [0.25, 0.3) is 0 Å². The zero-order valence-corrected chi connectivity index (χ0v) is 21.0. The number of hydrogen-bond donors (Lipinski definition) is 0. The third-order valence-corrected chi connectivity index (χ3v) is 6.35. The van der Waals surface area contributed by atoms with Crippen molar-refractivity contribution in [2.45, 2.75) is 25.7 Å². The Morgan fingerprint density at radius 2 is 1.77 bits per heavy atom. The second-order valence-electron chi connectivity index (χ2n) is 9.21. The number of benzene rings is 3. The Morgan fingerprint density at radius 1 is 1.00 bits per heavy atom. The maximum Gasteiger partial charge on any atom is 0.416 e. The van der Waals surface area contributed by atoms with Gasteiger partial charge in [-0.1, -0.05) is 42.5 Å². The van der Waals surface area contributed by atoms with E-state index in [0.717, 1.165) is 17.7 Å². The van der Waals surface area contributed by atoms with Crippen molar-refractivity contribution in [1.82, 2.24) is 14.9 Å². The molecule has 0 spiro atoms. The molecule has 0 saturated carbocycles. The van der Waals surface area contributed by atoms with E-state index in [1.54, 1.807) is 6.07 Å². The zero-order chi connectivity index (χ0) is 27.6. The van der Waals surface area contributed by atoms with Crippen molar-refractivity contribution in [3.63, 3.8) is 0 Å². The summed E-state index contributed by atoms with van der Waals surface area (Å²) in [5, 5.41) is 0. The van der Waals surface area contributed by atoms with E-state index in [2.05, 4.69) is 4.98 Å². The van der Waals surface area contributed by atoms with Crippen LogP contribution >= 0.6 is 0 Å².